The number of esters is 1. The van der Waals surface area contributed by atoms with Gasteiger partial charge in [0.25, 0.3) is 0 Å². The molecule has 0 fully saturated rings. The van der Waals surface area contributed by atoms with E-state index >= 15 is 0 Å². The summed E-state index contributed by atoms with van der Waals surface area (Å²) in [6.45, 7) is 8.19. The molecule has 2 heterocycles. The molecule has 2 aromatic heterocycles. The lowest BCUT2D eigenvalue weighted by Crippen LogP contribution is -2.06. The summed E-state index contributed by atoms with van der Waals surface area (Å²) in [7, 11) is 0. The standard InChI is InChI=1S/C15H19NO3S/c1-5-18-15(17)14-11(16)10(8(2)3)13(20-14)12-9(4)6-7-19-12/h6-8H,5,16H2,1-4H3. The molecule has 0 radical (unpaired) electrons. The molecule has 0 unspecified atom stereocenters. The molecule has 0 aliphatic rings. The van der Waals surface area contributed by atoms with E-state index in [1.165, 1.54) is 11.3 Å². The second-order valence-electron chi connectivity index (χ2n) is 4.90. The number of nitrogen functional groups attached to an aromatic ring is 1. The van der Waals surface area contributed by atoms with E-state index in [1.807, 2.05) is 13.0 Å². The van der Waals surface area contributed by atoms with Crippen molar-refractivity contribution in [3.05, 3.63) is 28.3 Å². The van der Waals surface area contributed by atoms with Crippen LogP contribution in [0.25, 0.3) is 10.6 Å². The second kappa shape index (κ2) is 5.71. The van der Waals surface area contributed by atoms with Gasteiger partial charge in [0, 0.05) is 5.56 Å². The van der Waals surface area contributed by atoms with Crippen molar-refractivity contribution in [1.82, 2.24) is 0 Å². The zero-order valence-electron chi connectivity index (χ0n) is 12.1. The first kappa shape index (κ1) is 14.7. The highest BCUT2D eigenvalue weighted by atomic mass is 32.1. The fourth-order valence-electron chi connectivity index (χ4n) is 2.15. The highest BCUT2D eigenvalue weighted by Crippen LogP contribution is 2.44. The Kier molecular flexibility index (Phi) is 4.18. The Labute approximate surface area is 122 Å². The molecular weight excluding hydrogens is 274 g/mol. The van der Waals surface area contributed by atoms with E-state index in [0.29, 0.717) is 17.2 Å². The summed E-state index contributed by atoms with van der Waals surface area (Å²) in [5.74, 6) is 0.613. The predicted octanol–water partition coefficient (Wildman–Crippen LogP) is 4.20. The summed E-state index contributed by atoms with van der Waals surface area (Å²) in [6, 6.07) is 1.90. The van der Waals surface area contributed by atoms with E-state index < -0.39 is 0 Å². The Morgan fingerprint density at radius 1 is 1.50 bits per heavy atom. The zero-order chi connectivity index (χ0) is 14.9. The largest absolute Gasteiger partial charge is 0.463 e. The number of hydrogen-bond acceptors (Lipinski definition) is 5. The molecule has 2 rings (SSSR count). The first-order valence-corrected chi connectivity index (χ1v) is 7.42. The minimum atomic E-state index is -0.368. The topological polar surface area (TPSA) is 65.5 Å². The summed E-state index contributed by atoms with van der Waals surface area (Å²) in [5, 5.41) is 0. The molecule has 0 saturated carbocycles. The Bertz CT molecular complexity index is 625. The van der Waals surface area contributed by atoms with Crippen LogP contribution in [0.1, 0.15) is 47.5 Å². The highest BCUT2D eigenvalue weighted by Gasteiger charge is 2.26. The van der Waals surface area contributed by atoms with Gasteiger partial charge in [-0.2, -0.15) is 0 Å². The average molecular weight is 293 g/mol. The van der Waals surface area contributed by atoms with Gasteiger partial charge >= 0.3 is 5.97 Å². The van der Waals surface area contributed by atoms with Crippen LogP contribution in [0.4, 0.5) is 5.69 Å². The van der Waals surface area contributed by atoms with Crippen molar-refractivity contribution in [2.24, 2.45) is 0 Å². The minimum Gasteiger partial charge on any atom is -0.463 e. The summed E-state index contributed by atoms with van der Waals surface area (Å²) in [6.07, 6.45) is 1.65. The van der Waals surface area contributed by atoms with E-state index in [4.69, 9.17) is 14.9 Å². The Morgan fingerprint density at radius 3 is 2.70 bits per heavy atom. The van der Waals surface area contributed by atoms with Gasteiger partial charge in [-0.3, -0.25) is 0 Å². The molecule has 0 amide bonds. The third kappa shape index (κ3) is 2.45. The lowest BCUT2D eigenvalue weighted by Gasteiger charge is -2.08. The third-order valence-electron chi connectivity index (χ3n) is 3.09. The molecule has 4 nitrogen and oxygen atoms in total. The molecule has 0 atom stereocenters. The second-order valence-corrected chi connectivity index (χ2v) is 5.92. The van der Waals surface area contributed by atoms with Crippen LogP contribution < -0.4 is 5.73 Å². The van der Waals surface area contributed by atoms with Gasteiger partial charge in [-0.05, 0) is 31.4 Å². The van der Waals surface area contributed by atoms with Gasteiger partial charge in [0.2, 0.25) is 0 Å². The predicted molar refractivity (Wildman–Crippen MR) is 81.2 cm³/mol. The number of thiophene rings is 1. The monoisotopic (exact) mass is 293 g/mol. The summed E-state index contributed by atoms with van der Waals surface area (Å²) >= 11 is 1.34. The van der Waals surface area contributed by atoms with Crippen LogP contribution in [-0.4, -0.2) is 12.6 Å². The van der Waals surface area contributed by atoms with Gasteiger partial charge in [0.05, 0.1) is 23.4 Å². The first-order valence-electron chi connectivity index (χ1n) is 6.61. The highest BCUT2D eigenvalue weighted by molar-refractivity contribution is 7.18. The first-order chi connectivity index (χ1) is 9.47. The molecule has 5 heteroatoms. The molecule has 0 saturated heterocycles. The summed E-state index contributed by atoms with van der Waals surface area (Å²) in [4.78, 5) is 13.4. The molecule has 108 valence electrons. The van der Waals surface area contributed by atoms with Crippen LogP contribution in [0, 0.1) is 6.92 Å². The maximum atomic E-state index is 12.0. The molecule has 2 N–H and O–H groups in total. The van der Waals surface area contributed by atoms with Crippen molar-refractivity contribution in [2.45, 2.75) is 33.6 Å². The lowest BCUT2D eigenvalue weighted by atomic mass is 10.00. The maximum absolute atomic E-state index is 12.0. The number of carbonyl (C=O) groups is 1. The van der Waals surface area contributed by atoms with Gasteiger partial charge in [0.1, 0.15) is 10.6 Å². The van der Waals surface area contributed by atoms with E-state index in [-0.39, 0.29) is 11.9 Å². The van der Waals surface area contributed by atoms with E-state index in [0.717, 1.165) is 21.8 Å². The fourth-order valence-corrected chi connectivity index (χ4v) is 3.48. The zero-order valence-corrected chi connectivity index (χ0v) is 13.0. The van der Waals surface area contributed by atoms with Gasteiger partial charge in [-0.25, -0.2) is 4.79 Å². The van der Waals surface area contributed by atoms with Crippen molar-refractivity contribution in [2.75, 3.05) is 12.3 Å². The Balaban J connectivity index is 2.60. The molecular formula is C15H19NO3S. The molecule has 0 aromatic carbocycles. The summed E-state index contributed by atoms with van der Waals surface area (Å²) in [5.41, 5.74) is 8.65. The number of anilines is 1. The minimum absolute atomic E-state index is 0.203. The SMILES string of the molecule is CCOC(=O)c1sc(-c2occc2C)c(C(C)C)c1N. The maximum Gasteiger partial charge on any atom is 0.350 e. The van der Waals surface area contributed by atoms with Crippen LogP contribution >= 0.6 is 11.3 Å². The molecule has 0 spiro atoms. The molecule has 0 bridgehead atoms. The van der Waals surface area contributed by atoms with Crippen molar-refractivity contribution in [3.8, 4) is 10.6 Å². The van der Waals surface area contributed by atoms with Crippen molar-refractivity contribution >= 4 is 23.0 Å². The quantitative estimate of drug-likeness (QED) is 0.858. The molecule has 20 heavy (non-hydrogen) atoms. The van der Waals surface area contributed by atoms with Crippen molar-refractivity contribution in [1.29, 1.82) is 0 Å². The summed E-state index contributed by atoms with van der Waals surface area (Å²) < 4.78 is 10.6. The number of aryl methyl sites for hydroxylation is 1. The van der Waals surface area contributed by atoms with Gasteiger partial charge in [0.15, 0.2) is 0 Å². The van der Waals surface area contributed by atoms with E-state index in [1.54, 1.807) is 13.2 Å². The molecule has 0 aliphatic heterocycles. The Morgan fingerprint density at radius 2 is 2.20 bits per heavy atom. The third-order valence-corrected chi connectivity index (χ3v) is 4.29. The number of carbonyl (C=O) groups excluding carboxylic acids is 1. The van der Waals surface area contributed by atoms with Crippen LogP contribution in [0.5, 0.6) is 0 Å². The lowest BCUT2D eigenvalue weighted by molar-refractivity contribution is 0.0533. The smallest absolute Gasteiger partial charge is 0.350 e. The van der Waals surface area contributed by atoms with Gasteiger partial charge in [-0.1, -0.05) is 13.8 Å². The fraction of sp³-hybridized carbons (Fsp3) is 0.400. The van der Waals surface area contributed by atoms with Crippen LogP contribution in [0.2, 0.25) is 0 Å². The molecule has 0 aliphatic carbocycles. The Hall–Kier alpha value is -1.75. The van der Waals surface area contributed by atoms with E-state index in [9.17, 15) is 4.79 Å². The number of hydrogen-bond donors (Lipinski definition) is 1. The van der Waals surface area contributed by atoms with Crippen LogP contribution in [-0.2, 0) is 4.74 Å². The number of nitrogens with two attached hydrogens (primary N) is 1. The number of ether oxygens (including phenoxy) is 1. The van der Waals surface area contributed by atoms with Gasteiger partial charge in [-0.15, -0.1) is 11.3 Å². The number of rotatable bonds is 4. The number of furan rings is 1. The van der Waals surface area contributed by atoms with Gasteiger partial charge < -0.3 is 14.9 Å². The van der Waals surface area contributed by atoms with E-state index in [2.05, 4.69) is 13.8 Å². The van der Waals surface area contributed by atoms with Crippen LogP contribution in [0.15, 0.2) is 16.7 Å². The van der Waals surface area contributed by atoms with Crippen LogP contribution in [0.3, 0.4) is 0 Å². The molecule has 2 aromatic rings. The normalized spacial score (nSPS) is 11.1. The average Bonchev–Trinajstić information content (AvgIpc) is 2.93. The van der Waals surface area contributed by atoms with Crippen molar-refractivity contribution in [3.63, 3.8) is 0 Å². The van der Waals surface area contributed by atoms with Crippen molar-refractivity contribution < 1.29 is 13.9 Å².